The second-order valence-electron chi connectivity index (χ2n) is 3.60. The minimum Gasteiger partial charge on any atom is -0.395 e. The van der Waals surface area contributed by atoms with Gasteiger partial charge in [-0.15, -0.1) is 0 Å². The van der Waals surface area contributed by atoms with Gasteiger partial charge in [0.15, 0.2) is 0 Å². The van der Waals surface area contributed by atoms with Gasteiger partial charge in [-0.2, -0.15) is 20.1 Å². The Labute approximate surface area is 104 Å². The number of rotatable bonds is 5. The highest BCUT2D eigenvalue weighted by Crippen LogP contribution is 2.11. The zero-order chi connectivity index (χ0) is 13.0. The summed E-state index contributed by atoms with van der Waals surface area (Å²) >= 11 is 0. The van der Waals surface area contributed by atoms with E-state index in [0.29, 0.717) is 24.4 Å². The van der Waals surface area contributed by atoms with Crippen LogP contribution in [-0.2, 0) is 0 Å². The molecule has 8 nitrogen and oxygen atoms in total. The average Bonchev–Trinajstić information content (AvgIpc) is 2.92. The van der Waals surface area contributed by atoms with Crippen LogP contribution < -0.4 is 10.2 Å². The first-order valence-corrected chi connectivity index (χ1v) is 5.50. The Morgan fingerprint density at radius 1 is 1.39 bits per heavy atom. The molecule has 0 saturated heterocycles. The molecule has 0 unspecified atom stereocenters. The Kier molecular flexibility index (Phi) is 3.68. The lowest BCUT2D eigenvalue weighted by atomic mass is 10.6. The van der Waals surface area contributed by atoms with Gasteiger partial charge >= 0.3 is 0 Å². The van der Waals surface area contributed by atoms with Crippen LogP contribution in [0.25, 0.3) is 5.95 Å². The number of anilines is 2. The van der Waals surface area contributed by atoms with E-state index < -0.39 is 0 Å². The zero-order valence-corrected chi connectivity index (χ0v) is 10.3. The van der Waals surface area contributed by atoms with Gasteiger partial charge in [-0.05, 0) is 6.07 Å². The van der Waals surface area contributed by atoms with Crippen LogP contribution in [0.5, 0.6) is 0 Å². The third kappa shape index (κ3) is 2.54. The van der Waals surface area contributed by atoms with Crippen molar-refractivity contribution in [1.82, 2.24) is 24.7 Å². The van der Waals surface area contributed by atoms with E-state index in [1.54, 1.807) is 42.1 Å². The number of aromatic nitrogens is 5. The molecule has 8 heteroatoms. The molecule has 0 bridgehead atoms. The molecule has 0 aliphatic heterocycles. The molecule has 2 heterocycles. The Morgan fingerprint density at radius 2 is 2.22 bits per heavy atom. The summed E-state index contributed by atoms with van der Waals surface area (Å²) in [5, 5.41) is 15.9. The SMILES string of the molecule is CNc1nc(N(C)CCO)nc(-n2cccn2)n1. The highest BCUT2D eigenvalue weighted by molar-refractivity contribution is 5.38. The molecule has 2 N–H and O–H groups in total. The van der Waals surface area contributed by atoms with Gasteiger partial charge in [0.2, 0.25) is 11.9 Å². The van der Waals surface area contributed by atoms with Crippen molar-refractivity contribution in [2.45, 2.75) is 0 Å². The standard InChI is InChI=1S/C10H15N7O/c1-11-8-13-9(16(2)6-7-18)15-10(14-8)17-5-3-4-12-17/h3-5,18H,6-7H2,1-2H3,(H,11,13,14,15). The van der Waals surface area contributed by atoms with E-state index in [9.17, 15) is 0 Å². The first-order chi connectivity index (χ1) is 8.74. The number of aliphatic hydroxyl groups is 1. The molecular formula is C10H15N7O. The van der Waals surface area contributed by atoms with Gasteiger partial charge in [-0.1, -0.05) is 0 Å². The lowest BCUT2D eigenvalue weighted by molar-refractivity contribution is 0.303. The number of hydrogen-bond donors (Lipinski definition) is 2. The van der Waals surface area contributed by atoms with Crippen molar-refractivity contribution in [3.05, 3.63) is 18.5 Å². The van der Waals surface area contributed by atoms with Crippen molar-refractivity contribution < 1.29 is 5.11 Å². The molecule has 0 aliphatic rings. The van der Waals surface area contributed by atoms with E-state index in [4.69, 9.17) is 5.11 Å². The van der Waals surface area contributed by atoms with Gasteiger partial charge in [0.05, 0.1) is 6.61 Å². The van der Waals surface area contributed by atoms with Crippen LogP contribution in [0.1, 0.15) is 0 Å². The van der Waals surface area contributed by atoms with Crippen LogP contribution in [-0.4, -0.2) is 57.1 Å². The van der Waals surface area contributed by atoms with Crippen molar-refractivity contribution >= 4 is 11.9 Å². The molecule has 0 saturated carbocycles. The largest absolute Gasteiger partial charge is 0.395 e. The summed E-state index contributed by atoms with van der Waals surface area (Å²) < 4.78 is 1.55. The van der Waals surface area contributed by atoms with Crippen LogP contribution in [0.2, 0.25) is 0 Å². The van der Waals surface area contributed by atoms with Gasteiger partial charge in [0.25, 0.3) is 5.95 Å². The summed E-state index contributed by atoms with van der Waals surface area (Å²) in [6.45, 7) is 0.486. The third-order valence-electron chi connectivity index (χ3n) is 2.32. The smallest absolute Gasteiger partial charge is 0.257 e. The first-order valence-electron chi connectivity index (χ1n) is 5.50. The lowest BCUT2D eigenvalue weighted by Gasteiger charge is -2.16. The monoisotopic (exact) mass is 249 g/mol. The summed E-state index contributed by atoms with van der Waals surface area (Å²) in [4.78, 5) is 14.5. The van der Waals surface area contributed by atoms with Crippen molar-refractivity contribution in [3.63, 3.8) is 0 Å². The molecule has 2 rings (SSSR count). The normalized spacial score (nSPS) is 10.4. The summed E-state index contributed by atoms with van der Waals surface area (Å²) in [5.74, 6) is 1.36. The van der Waals surface area contributed by atoms with E-state index in [-0.39, 0.29) is 6.61 Å². The Balaban J connectivity index is 2.39. The van der Waals surface area contributed by atoms with Crippen molar-refractivity contribution in [3.8, 4) is 5.95 Å². The van der Waals surface area contributed by atoms with Crippen LogP contribution >= 0.6 is 0 Å². The highest BCUT2D eigenvalue weighted by atomic mass is 16.3. The van der Waals surface area contributed by atoms with Crippen LogP contribution in [0.15, 0.2) is 18.5 Å². The number of nitrogens with one attached hydrogen (secondary N) is 1. The van der Waals surface area contributed by atoms with E-state index in [1.165, 1.54) is 0 Å². The predicted octanol–water partition coefficient (Wildman–Crippen LogP) is -0.473. The maximum Gasteiger partial charge on any atom is 0.257 e. The maximum absolute atomic E-state index is 8.93. The molecule has 2 aromatic heterocycles. The van der Waals surface area contributed by atoms with Gasteiger partial charge < -0.3 is 15.3 Å². The topological polar surface area (TPSA) is 92.0 Å². The molecule has 0 amide bonds. The van der Waals surface area contributed by atoms with Crippen molar-refractivity contribution in [2.24, 2.45) is 0 Å². The summed E-state index contributed by atoms with van der Waals surface area (Å²) in [6, 6.07) is 1.79. The molecular weight excluding hydrogens is 234 g/mol. The number of aliphatic hydroxyl groups excluding tert-OH is 1. The fraction of sp³-hybridized carbons (Fsp3) is 0.400. The molecule has 0 radical (unpaired) electrons. The summed E-state index contributed by atoms with van der Waals surface area (Å²) in [5.41, 5.74) is 0. The van der Waals surface area contributed by atoms with Gasteiger partial charge in [-0.3, -0.25) is 0 Å². The van der Waals surface area contributed by atoms with Gasteiger partial charge in [0, 0.05) is 33.0 Å². The molecule has 0 fully saturated rings. The molecule has 18 heavy (non-hydrogen) atoms. The lowest BCUT2D eigenvalue weighted by Crippen LogP contribution is -2.24. The van der Waals surface area contributed by atoms with Crippen LogP contribution in [0.3, 0.4) is 0 Å². The van der Waals surface area contributed by atoms with E-state index in [0.717, 1.165) is 0 Å². The molecule has 2 aromatic rings. The summed E-state index contributed by atoms with van der Waals surface area (Å²) in [6.07, 6.45) is 3.41. The molecule has 96 valence electrons. The van der Waals surface area contributed by atoms with E-state index in [2.05, 4.69) is 25.4 Å². The quantitative estimate of drug-likeness (QED) is 0.739. The molecule has 0 spiro atoms. The van der Waals surface area contributed by atoms with E-state index in [1.807, 2.05) is 0 Å². The average molecular weight is 249 g/mol. The van der Waals surface area contributed by atoms with Crippen LogP contribution in [0.4, 0.5) is 11.9 Å². The maximum atomic E-state index is 8.93. The fourth-order valence-corrected chi connectivity index (χ4v) is 1.38. The first kappa shape index (κ1) is 12.2. The molecule has 0 aliphatic carbocycles. The third-order valence-corrected chi connectivity index (χ3v) is 2.32. The van der Waals surface area contributed by atoms with E-state index >= 15 is 0 Å². The molecule has 0 atom stereocenters. The number of nitrogens with zero attached hydrogens (tertiary/aromatic N) is 6. The second kappa shape index (κ2) is 5.41. The fourth-order valence-electron chi connectivity index (χ4n) is 1.38. The van der Waals surface area contributed by atoms with Gasteiger partial charge in [0.1, 0.15) is 0 Å². The minimum atomic E-state index is 0.0359. The second-order valence-corrected chi connectivity index (χ2v) is 3.60. The number of hydrogen-bond acceptors (Lipinski definition) is 7. The predicted molar refractivity (Wildman–Crippen MR) is 66.9 cm³/mol. The van der Waals surface area contributed by atoms with Gasteiger partial charge in [-0.25, -0.2) is 4.68 Å². The summed E-state index contributed by atoms with van der Waals surface area (Å²) in [7, 11) is 3.54. The Bertz CT molecular complexity index is 499. The van der Waals surface area contributed by atoms with Crippen molar-refractivity contribution in [2.75, 3.05) is 37.5 Å². The van der Waals surface area contributed by atoms with Crippen molar-refractivity contribution in [1.29, 1.82) is 0 Å². The number of likely N-dealkylation sites (N-methyl/N-ethyl adjacent to an activating group) is 1. The molecule has 0 aromatic carbocycles. The van der Waals surface area contributed by atoms with Crippen LogP contribution in [0, 0.1) is 0 Å². The highest BCUT2D eigenvalue weighted by Gasteiger charge is 2.10. The minimum absolute atomic E-state index is 0.0359. The Morgan fingerprint density at radius 3 is 2.83 bits per heavy atom. The Hall–Kier alpha value is -2.22. The zero-order valence-electron chi connectivity index (χ0n) is 10.3.